The molecule has 1 atom stereocenters. The number of alkyl halides is 3. The summed E-state index contributed by atoms with van der Waals surface area (Å²) in [5.41, 5.74) is -4.50. The van der Waals surface area contributed by atoms with Crippen molar-refractivity contribution in [3.8, 4) is 6.07 Å². The average Bonchev–Trinajstić information content (AvgIpc) is 3.03. The van der Waals surface area contributed by atoms with Gasteiger partial charge in [0.2, 0.25) is 0 Å². The maximum absolute atomic E-state index is 15.0. The number of aliphatic carboxylic acids is 1. The maximum Gasteiger partial charge on any atom is 0.417 e. The molecule has 2 amide bonds. The molecule has 0 saturated carbocycles. The molecule has 8 nitrogen and oxygen atoms in total. The fourth-order valence-electron chi connectivity index (χ4n) is 4.34. The minimum absolute atomic E-state index is 0.0254. The smallest absolute Gasteiger partial charge is 0.417 e. The SMILES string of the molecule is CC1(C)C(=O)N(c2ccc(C#N)c(C(F)(F)F)c2)C(S)N1c1ccc(C(=O)NCCCCCC(=O)O)c(F)c1. The Bertz CT molecular complexity index is 1330. The summed E-state index contributed by atoms with van der Waals surface area (Å²) in [6.45, 7) is 3.25. The first-order valence-corrected chi connectivity index (χ1v) is 12.4. The quantitative estimate of drug-likeness (QED) is 0.225. The lowest BCUT2D eigenvalue weighted by Gasteiger charge is -2.33. The largest absolute Gasteiger partial charge is 0.481 e. The van der Waals surface area contributed by atoms with Gasteiger partial charge in [0.1, 0.15) is 11.4 Å². The van der Waals surface area contributed by atoms with Crippen molar-refractivity contribution in [3.63, 3.8) is 0 Å². The molecule has 1 unspecified atom stereocenters. The van der Waals surface area contributed by atoms with Crippen LogP contribution in [0, 0.1) is 17.1 Å². The summed E-state index contributed by atoms with van der Waals surface area (Å²) in [5, 5.41) is 20.3. The Kier molecular flexibility index (Phi) is 8.80. The molecule has 2 aromatic carbocycles. The summed E-state index contributed by atoms with van der Waals surface area (Å²) in [6.07, 6.45) is -3.25. The molecular formula is C26H26F4N4O4S. The molecule has 2 N–H and O–H groups in total. The minimum Gasteiger partial charge on any atom is -0.481 e. The van der Waals surface area contributed by atoms with Crippen molar-refractivity contribution in [2.45, 2.75) is 56.7 Å². The van der Waals surface area contributed by atoms with Crippen LogP contribution in [0.2, 0.25) is 0 Å². The number of carboxylic acids is 1. The highest BCUT2D eigenvalue weighted by Crippen LogP contribution is 2.42. The van der Waals surface area contributed by atoms with E-state index in [2.05, 4.69) is 17.9 Å². The number of anilines is 2. The van der Waals surface area contributed by atoms with E-state index >= 15 is 4.39 Å². The van der Waals surface area contributed by atoms with Crippen molar-refractivity contribution in [2.75, 3.05) is 16.3 Å². The molecule has 0 bridgehead atoms. The molecule has 1 aliphatic heterocycles. The van der Waals surface area contributed by atoms with Gasteiger partial charge in [-0.05, 0) is 63.1 Å². The summed E-state index contributed by atoms with van der Waals surface area (Å²) in [5.74, 6) is -3.06. The van der Waals surface area contributed by atoms with E-state index in [1.807, 2.05) is 0 Å². The molecular weight excluding hydrogens is 540 g/mol. The van der Waals surface area contributed by atoms with Crippen molar-refractivity contribution in [3.05, 3.63) is 58.9 Å². The Labute approximate surface area is 227 Å². The number of halogens is 4. The molecule has 2 aromatic rings. The van der Waals surface area contributed by atoms with Gasteiger partial charge < -0.3 is 15.3 Å². The van der Waals surface area contributed by atoms with Crippen molar-refractivity contribution in [1.82, 2.24) is 5.32 Å². The molecule has 0 aliphatic carbocycles. The van der Waals surface area contributed by atoms with Gasteiger partial charge in [0.25, 0.3) is 11.8 Å². The topological polar surface area (TPSA) is 114 Å². The number of nitrogens with one attached hydrogen (secondary N) is 1. The number of nitrogens with zero attached hydrogens (tertiary/aromatic N) is 3. The molecule has 0 radical (unpaired) electrons. The van der Waals surface area contributed by atoms with Gasteiger partial charge in [0, 0.05) is 24.3 Å². The van der Waals surface area contributed by atoms with Crippen LogP contribution in [0.25, 0.3) is 0 Å². The van der Waals surface area contributed by atoms with E-state index < -0.39 is 51.9 Å². The van der Waals surface area contributed by atoms with Crippen LogP contribution in [0.5, 0.6) is 0 Å². The monoisotopic (exact) mass is 566 g/mol. The highest BCUT2D eigenvalue weighted by atomic mass is 32.1. The fourth-order valence-corrected chi connectivity index (χ4v) is 5.00. The van der Waals surface area contributed by atoms with Crippen LogP contribution in [0.3, 0.4) is 0 Å². The second-order valence-electron chi connectivity index (χ2n) is 9.41. The summed E-state index contributed by atoms with van der Waals surface area (Å²) < 4.78 is 55.6. The van der Waals surface area contributed by atoms with Crippen LogP contribution in [0.1, 0.15) is 61.0 Å². The lowest BCUT2D eigenvalue weighted by molar-refractivity contribution is -0.138. The van der Waals surface area contributed by atoms with Crippen LogP contribution >= 0.6 is 12.6 Å². The fraction of sp³-hybridized carbons (Fsp3) is 0.385. The number of hydrogen-bond donors (Lipinski definition) is 3. The third-order valence-corrected chi connectivity index (χ3v) is 6.80. The van der Waals surface area contributed by atoms with E-state index in [1.165, 1.54) is 43.0 Å². The minimum atomic E-state index is -4.83. The lowest BCUT2D eigenvalue weighted by atomic mass is 10.0. The molecule has 208 valence electrons. The van der Waals surface area contributed by atoms with Gasteiger partial charge in [-0.3, -0.25) is 19.3 Å². The van der Waals surface area contributed by atoms with E-state index in [9.17, 15) is 27.6 Å². The number of amides is 2. The summed E-state index contributed by atoms with van der Waals surface area (Å²) in [4.78, 5) is 38.7. The molecule has 0 aromatic heterocycles. The molecule has 3 rings (SSSR count). The molecule has 0 spiro atoms. The lowest BCUT2D eigenvalue weighted by Crippen LogP contribution is -2.45. The first kappa shape index (κ1) is 29.8. The van der Waals surface area contributed by atoms with Gasteiger partial charge in [0.05, 0.1) is 22.8 Å². The van der Waals surface area contributed by atoms with Gasteiger partial charge in [-0.15, -0.1) is 12.6 Å². The van der Waals surface area contributed by atoms with Crippen molar-refractivity contribution >= 4 is 41.8 Å². The van der Waals surface area contributed by atoms with Gasteiger partial charge in [-0.25, -0.2) is 4.39 Å². The number of thiol groups is 1. The van der Waals surface area contributed by atoms with Gasteiger partial charge in [0.15, 0.2) is 5.50 Å². The molecule has 1 heterocycles. The summed E-state index contributed by atoms with van der Waals surface area (Å²) in [6, 6.07) is 8.07. The molecule has 1 saturated heterocycles. The first-order valence-electron chi connectivity index (χ1n) is 11.9. The molecule has 1 fully saturated rings. The summed E-state index contributed by atoms with van der Waals surface area (Å²) >= 11 is 4.47. The Morgan fingerprint density at radius 1 is 1.13 bits per heavy atom. The van der Waals surface area contributed by atoms with Crippen molar-refractivity contribution in [1.29, 1.82) is 5.26 Å². The maximum atomic E-state index is 15.0. The van der Waals surface area contributed by atoms with Crippen LogP contribution in [0.15, 0.2) is 36.4 Å². The van der Waals surface area contributed by atoms with Gasteiger partial charge in [-0.1, -0.05) is 6.42 Å². The van der Waals surface area contributed by atoms with Gasteiger partial charge in [-0.2, -0.15) is 18.4 Å². The van der Waals surface area contributed by atoms with Gasteiger partial charge >= 0.3 is 12.1 Å². The van der Waals surface area contributed by atoms with Crippen LogP contribution in [-0.2, 0) is 15.8 Å². The van der Waals surface area contributed by atoms with E-state index in [1.54, 1.807) is 0 Å². The number of carbonyl (C=O) groups is 3. The third-order valence-electron chi connectivity index (χ3n) is 6.34. The third kappa shape index (κ3) is 6.27. The van der Waals surface area contributed by atoms with E-state index in [-0.39, 0.29) is 29.9 Å². The number of rotatable bonds is 9. The molecule has 39 heavy (non-hydrogen) atoms. The highest BCUT2D eigenvalue weighted by Gasteiger charge is 2.51. The number of nitriles is 1. The first-order chi connectivity index (χ1) is 18.2. The predicted octanol–water partition coefficient (Wildman–Crippen LogP) is 4.94. The Hall–Kier alpha value is -3.79. The second-order valence-corrected chi connectivity index (χ2v) is 9.88. The highest BCUT2D eigenvalue weighted by molar-refractivity contribution is 7.81. The van der Waals surface area contributed by atoms with E-state index in [4.69, 9.17) is 10.4 Å². The zero-order valence-corrected chi connectivity index (χ0v) is 21.9. The Morgan fingerprint density at radius 2 is 1.79 bits per heavy atom. The second kappa shape index (κ2) is 11.5. The molecule has 1 aliphatic rings. The van der Waals surface area contributed by atoms with Crippen LogP contribution in [-0.4, -0.2) is 40.5 Å². The Morgan fingerprint density at radius 3 is 2.38 bits per heavy atom. The molecule has 13 heteroatoms. The van der Waals surface area contributed by atoms with E-state index in [0.717, 1.165) is 17.0 Å². The number of unbranched alkanes of at least 4 members (excludes halogenated alkanes) is 2. The van der Waals surface area contributed by atoms with E-state index in [0.29, 0.717) is 25.3 Å². The zero-order chi connectivity index (χ0) is 29.1. The van der Waals surface area contributed by atoms with Crippen molar-refractivity contribution in [2.24, 2.45) is 0 Å². The van der Waals surface area contributed by atoms with Crippen molar-refractivity contribution < 1.29 is 37.1 Å². The predicted molar refractivity (Wildman–Crippen MR) is 138 cm³/mol. The van der Waals surface area contributed by atoms with Crippen LogP contribution < -0.4 is 15.1 Å². The Balaban J connectivity index is 1.82. The zero-order valence-electron chi connectivity index (χ0n) is 21.0. The average molecular weight is 567 g/mol. The normalized spacial score (nSPS) is 16.8. The standard InChI is InChI=1S/C26H26F4N4O4S/c1-25(2)23(38)33(16-8-7-15(14-31)19(12-16)26(28,29)30)24(39)34(25)17-9-10-18(20(27)13-17)22(37)32-11-5-3-4-6-21(35)36/h7-10,12-13,24,39H,3-6,11H2,1-2H3,(H,32,37)(H,35,36). The number of carbonyl (C=O) groups excluding carboxylic acids is 2. The number of carboxylic acid groups (broad SMARTS) is 1. The number of benzene rings is 2. The summed E-state index contributed by atoms with van der Waals surface area (Å²) in [7, 11) is 0. The number of hydrogen-bond acceptors (Lipinski definition) is 6. The van der Waals surface area contributed by atoms with Crippen LogP contribution in [0.4, 0.5) is 28.9 Å².